The molecule has 12 aromatic rings. The van der Waals surface area contributed by atoms with Gasteiger partial charge >= 0.3 is 0 Å². The minimum Gasteiger partial charge on any atom is -0.302 e. The normalized spacial score (nSPS) is 21.0. The summed E-state index contributed by atoms with van der Waals surface area (Å²) in [5.74, 6) is -0.589. The lowest BCUT2D eigenvalue weighted by Crippen LogP contribution is -2.35. The topological polar surface area (TPSA) is 190 Å². The number of aliphatic imine (C=N–C) groups is 2. The van der Waals surface area contributed by atoms with Crippen molar-refractivity contribution in [3.8, 4) is 20.9 Å². The van der Waals surface area contributed by atoms with Gasteiger partial charge in [0.2, 0.25) is 11.6 Å². The lowest BCUT2D eigenvalue weighted by Gasteiger charge is -2.40. The van der Waals surface area contributed by atoms with Gasteiger partial charge in [0.15, 0.2) is 23.1 Å². The van der Waals surface area contributed by atoms with Crippen molar-refractivity contribution in [2.45, 2.75) is 90.9 Å². The van der Waals surface area contributed by atoms with E-state index in [4.69, 9.17) is 32.5 Å². The summed E-state index contributed by atoms with van der Waals surface area (Å²) in [6.07, 6.45) is 13.2. The first-order valence-electron chi connectivity index (χ1n) is 32.0. The molecule has 93 heavy (non-hydrogen) atoms. The number of Topliss-reactive ketones (excluding diaryl/α,β-unsaturated/α-hetero) is 4. The number of rotatable bonds is 13. The zero-order chi connectivity index (χ0) is 62.6. The monoisotopic (exact) mass is 1310 g/mol. The number of pyridine rings is 1. The third-order valence-corrected chi connectivity index (χ3v) is 23.9. The Hall–Kier alpha value is -8.79. The van der Waals surface area contributed by atoms with Crippen molar-refractivity contribution in [1.29, 1.82) is 0 Å². The Morgan fingerprint density at radius 2 is 0.914 bits per heavy atom. The van der Waals surface area contributed by atoms with Crippen molar-refractivity contribution in [2.75, 3.05) is 9.80 Å². The summed E-state index contributed by atoms with van der Waals surface area (Å²) in [6.45, 7) is 4.21. The first-order chi connectivity index (χ1) is 45.5. The summed E-state index contributed by atoms with van der Waals surface area (Å²) in [7, 11) is 0. The van der Waals surface area contributed by atoms with Gasteiger partial charge in [0, 0.05) is 84.3 Å². The van der Waals surface area contributed by atoms with Crippen molar-refractivity contribution in [1.82, 2.24) is 31.2 Å². The van der Waals surface area contributed by atoms with Crippen LogP contribution in [0.3, 0.4) is 0 Å². The lowest BCUT2D eigenvalue weighted by atomic mass is 9.64. The number of aryl methyl sites for hydroxylation is 4. The molecule has 5 aliphatic carbocycles. The molecular weight excluding hydrogens is 1260 g/mol. The van der Waals surface area contributed by atoms with Crippen LogP contribution in [0, 0.1) is 49.4 Å². The molecule has 6 heterocycles. The first-order valence-corrected chi connectivity index (χ1v) is 35.8. The molecule has 6 unspecified atom stereocenters. The molecule has 0 radical (unpaired) electrons. The van der Waals surface area contributed by atoms with Crippen LogP contribution in [0.25, 0.3) is 64.8 Å². The molecule has 20 heteroatoms. The maximum atomic E-state index is 13.6. The summed E-state index contributed by atoms with van der Waals surface area (Å²) < 4.78 is 28.6. The molecular formula is C73H59N11O4S5. The van der Waals surface area contributed by atoms with Crippen LogP contribution < -0.4 is 9.80 Å². The fraction of sp³-hybridized carbons (Fsp3) is 0.274. The van der Waals surface area contributed by atoms with Gasteiger partial charge < -0.3 is 9.80 Å². The first kappa shape index (κ1) is 58.1. The van der Waals surface area contributed by atoms with Crippen LogP contribution in [-0.2, 0) is 32.0 Å². The molecule has 6 atom stereocenters. The maximum absolute atomic E-state index is 13.6. The van der Waals surface area contributed by atoms with Gasteiger partial charge in [-0.1, -0.05) is 98.2 Å². The molecule has 0 bridgehead atoms. The molecule has 0 aliphatic heterocycles. The van der Waals surface area contributed by atoms with Crippen LogP contribution in [0.5, 0.6) is 0 Å². The highest BCUT2D eigenvalue weighted by Gasteiger charge is 2.52. The molecule has 17 rings (SSSR count). The van der Waals surface area contributed by atoms with E-state index < -0.39 is 5.78 Å². The second-order valence-corrected chi connectivity index (χ2v) is 29.3. The molecule has 0 saturated heterocycles. The van der Waals surface area contributed by atoms with Crippen molar-refractivity contribution < 1.29 is 19.2 Å². The predicted octanol–water partition coefficient (Wildman–Crippen LogP) is 18.1. The Bertz CT molecular complexity index is 5040. The van der Waals surface area contributed by atoms with E-state index in [1.165, 1.54) is 35.1 Å². The molecule has 5 saturated carbocycles. The Labute approximate surface area is 556 Å². The van der Waals surface area contributed by atoms with Gasteiger partial charge in [0.05, 0.1) is 46.6 Å². The van der Waals surface area contributed by atoms with Crippen LogP contribution in [0.2, 0.25) is 0 Å². The van der Waals surface area contributed by atoms with Gasteiger partial charge in [-0.05, 0) is 160 Å². The summed E-state index contributed by atoms with van der Waals surface area (Å²) in [6, 6.07) is 47.6. The molecule has 5 aliphatic rings. The molecule has 6 aromatic carbocycles. The number of carbonyl (C=O) groups excluding carboxylic acids is 4. The summed E-state index contributed by atoms with van der Waals surface area (Å²) in [4.78, 5) is 75.2. The third kappa shape index (κ3) is 10.3. The Balaban J connectivity index is 0.618. The Kier molecular flexibility index (Phi) is 14.8. The van der Waals surface area contributed by atoms with Crippen LogP contribution in [0.1, 0.15) is 86.5 Å². The maximum Gasteiger partial charge on any atom is 0.243 e. The van der Waals surface area contributed by atoms with Crippen LogP contribution >= 0.6 is 57.9 Å². The molecule has 6 aromatic heterocycles. The van der Waals surface area contributed by atoms with Gasteiger partial charge in [-0.25, -0.2) is 15.0 Å². The van der Waals surface area contributed by atoms with Crippen molar-refractivity contribution in [2.24, 2.45) is 45.5 Å². The lowest BCUT2D eigenvalue weighted by molar-refractivity contribution is -0.135. The SMILES string of the molecule is Cc1ccc(N(c2ccc(CCc3ccc(N(c4ccc(C)cc4)c4ccc(-c5cc6c(cc(N=C7C(=O)C8CCCCC8C7=O)c7nsnc76)c6nsnc56)s4)cc3)cc2)c2ccc(-c3cnc(N=C4C(=O)C(=O)C5CC6CCCCC6CC45)c4nsnc34)s2)cc1. The van der Waals surface area contributed by atoms with Gasteiger partial charge in [0.25, 0.3) is 0 Å². The highest BCUT2D eigenvalue weighted by atomic mass is 32.1. The fourth-order valence-electron chi connectivity index (χ4n) is 15.3. The Morgan fingerprint density at radius 3 is 1.48 bits per heavy atom. The van der Waals surface area contributed by atoms with Gasteiger partial charge in [-0.3, -0.25) is 19.2 Å². The van der Waals surface area contributed by atoms with E-state index in [0.29, 0.717) is 56.6 Å². The second kappa shape index (κ2) is 23.6. The predicted molar refractivity (Wildman–Crippen MR) is 375 cm³/mol. The number of thiophene rings is 2. The van der Waals surface area contributed by atoms with Gasteiger partial charge in [-0.15, -0.1) is 22.7 Å². The number of ketones is 4. The van der Waals surface area contributed by atoms with Gasteiger partial charge in [0.1, 0.15) is 43.1 Å². The highest BCUT2D eigenvalue weighted by Crippen LogP contribution is 2.51. The second-order valence-electron chi connectivity index (χ2n) is 25.6. The fourth-order valence-corrected chi connectivity index (χ4v) is 19.1. The number of hydrogen-bond acceptors (Lipinski definition) is 20. The summed E-state index contributed by atoms with van der Waals surface area (Å²) >= 11 is 6.68. The van der Waals surface area contributed by atoms with E-state index in [9.17, 15) is 19.2 Å². The number of aromatic nitrogens is 7. The number of benzene rings is 6. The molecule has 0 spiro atoms. The van der Waals surface area contributed by atoms with Crippen LogP contribution in [0.4, 0.5) is 44.3 Å². The smallest absolute Gasteiger partial charge is 0.243 e. The average Bonchev–Trinajstić information content (AvgIpc) is 1.65. The molecule has 460 valence electrons. The standard InChI is InChI=1S/C73H59N11O4S5/c1-38-11-21-44(22-12-38)83(59-31-29-57(89-59)54-35-51-52(61-63(54)79-91-77-61)36-56(66-62(51)78-92-81-66)75-68-69(85)48-9-5-6-10-49(48)70(68)86)46-25-17-40(18-26-46)15-16-41-19-27-47(28-20-41)84(45-23-13-39(2)14-24-45)60-32-30-58(90-60)55-37-74-73(67-64(55)80-93-82-67)76-65-50-33-42-7-3-4-8-43(42)34-53(50)71(87)72(65)88/h11-14,17-32,35-37,42-43,48-50,53H,3-10,15-16,33-34H2,1-2H3. The van der Waals surface area contributed by atoms with Crippen molar-refractivity contribution >= 4 is 181 Å². The Morgan fingerprint density at radius 1 is 0.452 bits per heavy atom. The van der Waals surface area contributed by atoms with E-state index in [1.54, 1.807) is 28.9 Å². The number of nitrogens with zero attached hydrogens (tertiary/aromatic N) is 11. The minimum absolute atomic E-state index is 0.0389. The number of hydrogen-bond donors (Lipinski definition) is 0. The number of fused-ring (bicyclic) bond motifs is 9. The largest absolute Gasteiger partial charge is 0.302 e. The minimum atomic E-state index is -0.452. The van der Waals surface area contributed by atoms with Crippen LogP contribution in [-0.4, -0.2) is 65.8 Å². The van der Waals surface area contributed by atoms with Gasteiger partial charge in [-0.2, -0.15) is 26.2 Å². The van der Waals surface area contributed by atoms with E-state index in [1.807, 2.05) is 6.07 Å². The molecule has 0 N–H and O–H groups in total. The highest BCUT2D eigenvalue weighted by molar-refractivity contribution is 7.20. The zero-order valence-electron chi connectivity index (χ0n) is 50.8. The van der Waals surface area contributed by atoms with E-state index >= 15 is 0 Å². The van der Waals surface area contributed by atoms with Crippen molar-refractivity contribution in [3.63, 3.8) is 0 Å². The quantitative estimate of drug-likeness (QED) is 0.0992. The average molecular weight is 1310 g/mol. The zero-order valence-corrected chi connectivity index (χ0v) is 54.9. The van der Waals surface area contributed by atoms with Crippen LogP contribution in [0.15, 0.2) is 150 Å². The third-order valence-electron chi connectivity index (χ3n) is 20.1. The number of carbonyl (C=O) groups is 4. The molecule has 0 amide bonds. The summed E-state index contributed by atoms with van der Waals surface area (Å²) in [5, 5.41) is 3.72. The van der Waals surface area contributed by atoms with E-state index in [0.717, 1.165) is 169 Å². The summed E-state index contributed by atoms with van der Waals surface area (Å²) in [5.41, 5.74) is 15.5. The molecule has 5 fully saturated rings. The van der Waals surface area contributed by atoms with E-state index in [2.05, 4.69) is 160 Å². The number of anilines is 6. The molecule has 15 nitrogen and oxygen atoms in total. The van der Waals surface area contributed by atoms with Crippen molar-refractivity contribution in [3.05, 3.63) is 162 Å². The van der Waals surface area contributed by atoms with E-state index in [-0.39, 0.29) is 46.7 Å².